The van der Waals surface area contributed by atoms with Crippen LogP contribution in [0.1, 0.15) is 23.2 Å². The molecular weight excluding hydrogens is 192 g/mol. The van der Waals surface area contributed by atoms with Crippen molar-refractivity contribution in [2.45, 2.75) is 19.1 Å². The molecule has 1 aromatic rings. The molecule has 0 N–H and O–H groups in total. The molecule has 0 amide bonds. The highest BCUT2D eigenvalue weighted by molar-refractivity contribution is 5.96. The third-order valence-corrected chi connectivity index (χ3v) is 2.34. The number of rotatable bonds is 3. The minimum absolute atomic E-state index is 0.0718. The summed E-state index contributed by atoms with van der Waals surface area (Å²) in [6.45, 7) is 1.37. The second-order valence-electron chi connectivity index (χ2n) is 3.52. The van der Waals surface area contributed by atoms with Gasteiger partial charge < -0.3 is 9.47 Å². The molecule has 0 bridgehead atoms. The molecule has 1 aromatic carbocycles. The summed E-state index contributed by atoms with van der Waals surface area (Å²) in [5.74, 6) is 0.0718. The normalized spacial score (nSPS) is 17.6. The van der Waals surface area contributed by atoms with E-state index in [1.807, 2.05) is 30.3 Å². The molecule has 1 fully saturated rings. The number of carbonyl (C=O) groups is 1. The van der Waals surface area contributed by atoms with Gasteiger partial charge in [0.05, 0.1) is 19.6 Å². The summed E-state index contributed by atoms with van der Waals surface area (Å²) < 4.78 is 10.7. The smallest absolute Gasteiger partial charge is 0.167 e. The number of ether oxygens (including phenoxy) is 2. The Morgan fingerprint density at radius 3 is 2.53 bits per heavy atom. The van der Waals surface area contributed by atoms with Gasteiger partial charge in [0.25, 0.3) is 0 Å². The quantitative estimate of drug-likeness (QED) is 0.710. The monoisotopic (exact) mass is 206 g/mol. The summed E-state index contributed by atoms with van der Waals surface area (Å²) in [7, 11) is 0. The summed E-state index contributed by atoms with van der Waals surface area (Å²) in [6.07, 6.45) is 0.867. The van der Waals surface area contributed by atoms with Gasteiger partial charge in [0.15, 0.2) is 12.1 Å². The highest BCUT2D eigenvalue weighted by atomic mass is 16.7. The number of hydrogen-bond donors (Lipinski definition) is 0. The largest absolute Gasteiger partial charge is 0.352 e. The van der Waals surface area contributed by atoms with Crippen LogP contribution in [0.4, 0.5) is 0 Å². The first-order valence-electron chi connectivity index (χ1n) is 5.18. The van der Waals surface area contributed by atoms with Crippen LogP contribution in [-0.4, -0.2) is 25.3 Å². The van der Waals surface area contributed by atoms with E-state index >= 15 is 0 Å². The molecule has 0 atom stereocenters. The van der Waals surface area contributed by atoms with Crippen molar-refractivity contribution in [1.29, 1.82) is 0 Å². The Bertz CT molecular complexity index is 315. The third kappa shape index (κ3) is 2.88. The third-order valence-electron chi connectivity index (χ3n) is 2.34. The fraction of sp³-hybridized carbons (Fsp3) is 0.417. The predicted octanol–water partition coefficient (Wildman–Crippen LogP) is 2.02. The zero-order chi connectivity index (χ0) is 10.5. The Morgan fingerprint density at radius 1 is 1.20 bits per heavy atom. The Hall–Kier alpha value is -1.19. The van der Waals surface area contributed by atoms with Crippen LogP contribution in [0, 0.1) is 0 Å². The highest BCUT2D eigenvalue weighted by Gasteiger charge is 2.18. The first-order chi connectivity index (χ1) is 7.36. The van der Waals surface area contributed by atoms with E-state index in [2.05, 4.69) is 0 Å². The van der Waals surface area contributed by atoms with Crippen molar-refractivity contribution in [3.05, 3.63) is 35.9 Å². The van der Waals surface area contributed by atoms with Gasteiger partial charge >= 0.3 is 0 Å². The molecule has 3 nitrogen and oxygen atoms in total. The summed E-state index contributed by atoms with van der Waals surface area (Å²) in [5, 5.41) is 0. The molecule has 0 saturated carbocycles. The Morgan fingerprint density at radius 2 is 1.87 bits per heavy atom. The van der Waals surface area contributed by atoms with Crippen molar-refractivity contribution < 1.29 is 14.3 Å². The van der Waals surface area contributed by atoms with Gasteiger partial charge in [-0.3, -0.25) is 4.79 Å². The average Bonchev–Trinajstić information content (AvgIpc) is 2.31. The molecule has 0 spiro atoms. The lowest BCUT2D eigenvalue weighted by atomic mass is 10.1. The van der Waals surface area contributed by atoms with Gasteiger partial charge in [0, 0.05) is 5.56 Å². The Balaban J connectivity index is 1.91. The van der Waals surface area contributed by atoms with E-state index in [0.717, 1.165) is 12.0 Å². The van der Waals surface area contributed by atoms with E-state index in [4.69, 9.17) is 9.47 Å². The van der Waals surface area contributed by atoms with E-state index in [1.165, 1.54) is 0 Å². The molecule has 0 aliphatic carbocycles. The van der Waals surface area contributed by atoms with Crippen molar-refractivity contribution in [3.63, 3.8) is 0 Å². The van der Waals surface area contributed by atoms with Crippen LogP contribution in [0.25, 0.3) is 0 Å². The topological polar surface area (TPSA) is 35.5 Å². The maximum absolute atomic E-state index is 11.8. The van der Waals surface area contributed by atoms with E-state index in [9.17, 15) is 4.79 Å². The summed E-state index contributed by atoms with van der Waals surface area (Å²) in [4.78, 5) is 11.8. The van der Waals surface area contributed by atoms with Crippen molar-refractivity contribution in [3.8, 4) is 0 Å². The minimum Gasteiger partial charge on any atom is -0.352 e. The molecule has 80 valence electrons. The van der Waals surface area contributed by atoms with Crippen LogP contribution < -0.4 is 0 Å². The van der Waals surface area contributed by atoms with Gasteiger partial charge in [-0.15, -0.1) is 0 Å². The summed E-state index contributed by atoms with van der Waals surface area (Å²) >= 11 is 0. The number of Topliss-reactive ketones (excluding diaryl/α,β-unsaturated/α-hetero) is 1. The predicted molar refractivity (Wildman–Crippen MR) is 55.7 cm³/mol. The van der Waals surface area contributed by atoms with E-state index in [-0.39, 0.29) is 12.1 Å². The first kappa shape index (κ1) is 10.3. The van der Waals surface area contributed by atoms with E-state index < -0.39 is 0 Å². The molecule has 0 unspecified atom stereocenters. The molecule has 3 heteroatoms. The van der Waals surface area contributed by atoms with Gasteiger partial charge in [0.2, 0.25) is 0 Å². The molecule has 15 heavy (non-hydrogen) atoms. The Labute approximate surface area is 89.0 Å². The first-order valence-corrected chi connectivity index (χ1v) is 5.18. The van der Waals surface area contributed by atoms with Gasteiger partial charge in [0.1, 0.15) is 0 Å². The van der Waals surface area contributed by atoms with E-state index in [1.54, 1.807) is 0 Å². The lowest BCUT2D eigenvalue weighted by molar-refractivity contribution is -0.175. The molecular formula is C12H14O3. The molecule has 0 radical (unpaired) electrons. The van der Waals surface area contributed by atoms with Crippen LogP contribution in [0.3, 0.4) is 0 Å². The van der Waals surface area contributed by atoms with Crippen LogP contribution >= 0.6 is 0 Å². The SMILES string of the molecule is O=C(CC1OCCCO1)c1ccccc1. The maximum atomic E-state index is 11.8. The molecule has 0 aromatic heterocycles. The van der Waals surface area contributed by atoms with Crippen LogP contribution in [0.2, 0.25) is 0 Å². The summed E-state index contributed by atoms with van der Waals surface area (Å²) in [6, 6.07) is 9.23. The van der Waals surface area contributed by atoms with Crippen molar-refractivity contribution in [1.82, 2.24) is 0 Å². The molecule has 2 rings (SSSR count). The van der Waals surface area contributed by atoms with Gasteiger partial charge in [-0.1, -0.05) is 30.3 Å². The minimum atomic E-state index is -0.355. The molecule has 1 saturated heterocycles. The second-order valence-corrected chi connectivity index (χ2v) is 3.52. The lowest BCUT2D eigenvalue weighted by Crippen LogP contribution is -2.27. The standard InChI is InChI=1S/C12H14O3/c13-11(10-5-2-1-3-6-10)9-12-14-7-4-8-15-12/h1-3,5-6,12H,4,7-9H2. The van der Waals surface area contributed by atoms with Crippen molar-refractivity contribution in [2.75, 3.05) is 13.2 Å². The maximum Gasteiger partial charge on any atom is 0.167 e. The zero-order valence-electron chi connectivity index (χ0n) is 8.52. The number of ketones is 1. The fourth-order valence-electron chi connectivity index (χ4n) is 1.55. The highest BCUT2D eigenvalue weighted by Crippen LogP contribution is 2.12. The second kappa shape index (κ2) is 5.05. The van der Waals surface area contributed by atoms with Crippen molar-refractivity contribution in [2.24, 2.45) is 0 Å². The Kier molecular flexibility index (Phi) is 3.48. The van der Waals surface area contributed by atoms with Gasteiger partial charge in [-0.05, 0) is 6.42 Å². The van der Waals surface area contributed by atoms with Crippen LogP contribution in [0.15, 0.2) is 30.3 Å². The van der Waals surface area contributed by atoms with Crippen LogP contribution in [0.5, 0.6) is 0 Å². The fourth-order valence-corrected chi connectivity index (χ4v) is 1.55. The van der Waals surface area contributed by atoms with Crippen molar-refractivity contribution >= 4 is 5.78 Å². The van der Waals surface area contributed by atoms with Gasteiger partial charge in [-0.25, -0.2) is 0 Å². The van der Waals surface area contributed by atoms with Gasteiger partial charge in [-0.2, -0.15) is 0 Å². The molecule has 1 aliphatic heterocycles. The number of benzene rings is 1. The average molecular weight is 206 g/mol. The van der Waals surface area contributed by atoms with E-state index in [0.29, 0.717) is 19.6 Å². The van der Waals surface area contributed by atoms with Crippen LogP contribution in [-0.2, 0) is 9.47 Å². The summed E-state index contributed by atoms with van der Waals surface area (Å²) in [5.41, 5.74) is 0.718. The zero-order valence-corrected chi connectivity index (χ0v) is 8.52. The lowest BCUT2D eigenvalue weighted by Gasteiger charge is -2.22. The number of carbonyl (C=O) groups excluding carboxylic acids is 1. The molecule has 1 aliphatic rings. The number of hydrogen-bond acceptors (Lipinski definition) is 3. The molecule has 1 heterocycles.